The Balaban J connectivity index is 1.64. The number of aromatic nitrogens is 1. The number of rotatable bonds is 4. The number of benzene rings is 2. The first-order chi connectivity index (χ1) is 11.5. The number of hydrogen-bond donors (Lipinski definition) is 2. The first-order valence-corrected chi connectivity index (χ1v) is 8.46. The van der Waals surface area contributed by atoms with Crippen molar-refractivity contribution in [2.45, 2.75) is 6.54 Å². The number of nitro benzene ring substituents is 1. The van der Waals surface area contributed by atoms with Gasteiger partial charge >= 0.3 is 0 Å². The quantitative estimate of drug-likeness (QED) is 0.399. The maximum Gasteiger partial charge on any atom is 0.270 e. The van der Waals surface area contributed by atoms with Gasteiger partial charge in [-0.25, -0.2) is 4.98 Å². The summed E-state index contributed by atoms with van der Waals surface area (Å²) < 4.78 is 0.729. The van der Waals surface area contributed by atoms with Gasteiger partial charge in [0.25, 0.3) is 5.69 Å². The molecule has 1 heterocycles. The monoisotopic (exact) mass is 378 g/mol. The number of nitro groups is 1. The molecule has 24 heavy (non-hydrogen) atoms. The summed E-state index contributed by atoms with van der Waals surface area (Å²) in [5, 5.41) is 18.6. The van der Waals surface area contributed by atoms with E-state index in [4.69, 9.17) is 23.8 Å². The Bertz CT molecular complexity index is 911. The van der Waals surface area contributed by atoms with Crippen molar-refractivity contribution in [3.8, 4) is 0 Å². The van der Waals surface area contributed by atoms with Crippen LogP contribution in [0.1, 0.15) is 5.56 Å². The summed E-state index contributed by atoms with van der Waals surface area (Å²) in [6, 6.07) is 12.0. The Labute approximate surface area is 151 Å². The maximum atomic E-state index is 10.8. The van der Waals surface area contributed by atoms with E-state index in [0.29, 0.717) is 27.3 Å². The predicted octanol–water partition coefficient (Wildman–Crippen LogP) is 4.34. The molecular weight excluding hydrogens is 368 g/mol. The number of anilines is 1. The van der Waals surface area contributed by atoms with Crippen LogP contribution in [0.5, 0.6) is 0 Å². The van der Waals surface area contributed by atoms with Crippen molar-refractivity contribution in [2.75, 3.05) is 5.32 Å². The predicted molar refractivity (Wildman–Crippen MR) is 101 cm³/mol. The highest BCUT2D eigenvalue weighted by molar-refractivity contribution is 7.80. The molecule has 0 bridgehead atoms. The lowest BCUT2D eigenvalue weighted by Crippen LogP contribution is -2.27. The molecule has 0 amide bonds. The normalized spacial score (nSPS) is 10.5. The van der Waals surface area contributed by atoms with Crippen LogP contribution in [0.3, 0.4) is 0 Å². The average molecular weight is 379 g/mol. The smallest absolute Gasteiger partial charge is 0.270 e. The van der Waals surface area contributed by atoms with Crippen LogP contribution >= 0.6 is 35.2 Å². The Kier molecular flexibility index (Phi) is 4.89. The van der Waals surface area contributed by atoms with E-state index in [1.165, 1.54) is 23.5 Å². The molecule has 0 aliphatic carbocycles. The first-order valence-electron chi connectivity index (χ1n) is 6.85. The molecule has 2 aromatic carbocycles. The zero-order chi connectivity index (χ0) is 17.1. The molecule has 122 valence electrons. The molecule has 0 unspecified atom stereocenters. The molecule has 2 N–H and O–H groups in total. The Morgan fingerprint density at radius 2 is 2.04 bits per heavy atom. The summed E-state index contributed by atoms with van der Waals surface area (Å²) in [7, 11) is 0. The number of fused-ring (bicyclic) bond motifs is 1. The van der Waals surface area contributed by atoms with E-state index in [1.54, 1.807) is 6.07 Å². The largest absolute Gasteiger partial charge is 0.358 e. The molecular formula is C15H11ClN4O2S2. The number of non-ortho nitro benzene ring substituents is 1. The molecule has 6 nitrogen and oxygen atoms in total. The van der Waals surface area contributed by atoms with Crippen molar-refractivity contribution in [3.63, 3.8) is 0 Å². The fourth-order valence-corrected chi connectivity index (χ4v) is 3.27. The number of hydrogen-bond acceptors (Lipinski definition) is 5. The van der Waals surface area contributed by atoms with E-state index in [9.17, 15) is 10.1 Å². The van der Waals surface area contributed by atoms with Crippen molar-refractivity contribution >= 4 is 61.3 Å². The van der Waals surface area contributed by atoms with Crippen molar-refractivity contribution in [2.24, 2.45) is 0 Å². The van der Waals surface area contributed by atoms with Gasteiger partial charge in [0.15, 0.2) is 10.2 Å². The van der Waals surface area contributed by atoms with Crippen LogP contribution < -0.4 is 10.6 Å². The molecule has 0 radical (unpaired) electrons. The summed E-state index contributed by atoms with van der Waals surface area (Å²) in [6.45, 7) is 0.555. The third kappa shape index (κ3) is 3.97. The second-order valence-corrected chi connectivity index (χ2v) is 6.74. The highest BCUT2D eigenvalue weighted by Crippen LogP contribution is 2.29. The van der Waals surface area contributed by atoms with Gasteiger partial charge in [-0.3, -0.25) is 10.1 Å². The van der Waals surface area contributed by atoms with Gasteiger partial charge in [-0.05, 0) is 36.0 Å². The molecule has 3 aromatic rings. The molecule has 0 fully saturated rings. The van der Waals surface area contributed by atoms with E-state index in [1.807, 2.05) is 24.3 Å². The number of thiocarbonyl (C=S) groups is 1. The number of halogens is 1. The van der Waals surface area contributed by atoms with E-state index in [2.05, 4.69) is 15.6 Å². The molecule has 0 aliphatic heterocycles. The molecule has 0 atom stereocenters. The maximum absolute atomic E-state index is 10.8. The minimum atomic E-state index is -0.426. The lowest BCUT2D eigenvalue weighted by Gasteiger charge is -2.08. The summed E-state index contributed by atoms with van der Waals surface area (Å²) in [4.78, 5) is 14.7. The summed E-state index contributed by atoms with van der Waals surface area (Å²) in [5.74, 6) is 0. The van der Waals surface area contributed by atoms with E-state index >= 15 is 0 Å². The number of thiazole rings is 1. The fraction of sp³-hybridized carbons (Fsp3) is 0.0667. The number of nitrogens with zero attached hydrogens (tertiary/aromatic N) is 2. The van der Waals surface area contributed by atoms with Crippen LogP contribution in [0.4, 0.5) is 10.8 Å². The highest BCUT2D eigenvalue weighted by atomic mass is 35.5. The Hall–Kier alpha value is -2.29. The first kappa shape index (κ1) is 16.6. The SMILES string of the molecule is O=[N+]([O-])c1ccc2nc(NC(=S)NCc3ccc(Cl)cc3)sc2c1. The van der Waals surface area contributed by atoms with Gasteiger partial charge < -0.3 is 10.6 Å². The van der Waals surface area contributed by atoms with Crippen LogP contribution in [-0.4, -0.2) is 15.0 Å². The van der Waals surface area contributed by atoms with Gasteiger partial charge in [0.1, 0.15) is 0 Å². The second-order valence-electron chi connectivity index (χ2n) is 4.86. The third-order valence-corrected chi connectivity index (χ3v) is 4.60. The molecule has 3 rings (SSSR count). The standard InChI is InChI=1S/C15H11ClN4O2S2/c16-10-3-1-9(2-4-10)8-17-14(23)19-15-18-12-6-5-11(20(21)22)7-13(12)24-15/h1-7H,8H2,(H2,17,18,19,23). The van der Waals surface area contributed by atoms with Gasteiger partial charge in [-0.2, -0.15) is 0 Å². The highest BCUT2D eigenvalue weighted by Gasteiger charge is 2.10. The molecule has 0 spiro atoms. The molecule has 1 aromatic heterocycles. The summed E-state index contributed by atoms with van der Waals surface area (Å²) >= 11 is 12.4. The van der Waals surface area contributed by atoms with Crippen LogP contribution in [0, 0.1) is 10.1 Å². The average Bonchev–Trinajstić information content (AvgIpc) is 2.95. The molecule has 0 saturated carbocycles. The molecule has 0 aliphatic rings. The van der Waals surface area contributed by atoms with E-state index in [0.717, 1.165) is 10.3 Å². The summed E-state index contributed by atoms with van der Waals surface area (Å²) in [5.41, 5.74) is 1.78. The van der Waals surface area contributed by atoms with Crippen molar-refractivity contribution in [1.82, 2.24) is 10.3 Å². The van der Waals surface area contributed by atoms with Crippen molar-refractivity contribution in [3.05, 3.63) is 63.2 Å². The van der Waals surface area contributed by atoms with Crippen LogP contribution in [-0.2, 0) is 6.54 Å². The van der Waals surface area contributed by atoms with Gasteiger partial charge in [-0.1, -0.05) is 35.1 Å². The minimum absolute atomic E-state index is 0.0427. The number of nitrogens with one attached hydrogen (secondary N) is 2. The zero-order valence-electron chi connectivity index (χ0n) is 12.2. The van der Waals surface area contributed by atoms with E-state index < -0.39 is 4.92 Å². The Morgan fingerprint density at radius 3 is 2.75 bits per heavy atom. The topological polar surface area (TPSA) is 80.1 Å². The van der Waals surface area contributed by atoms with Crippen molar-refractivity contribution < 1.29 is 4.92 Å². The second kappa shape index (κ2) is 7.08. The van der Waals surface area contributed by atoms with Crippen LogP contribution in [0.2, 0.25) is 5.02 Å². The van der Waals surface area contributed by atoms with E-state index in [-0.39, 0.29) is 5.69 Å². The minimum Gasteiger partial charge on any atom is -0.358 e. The van der Waals surface area contributed by atoms with Crippen LogP contribution in [0.25, 0.3) is 10.2 Å². The summed E-state index contributed by atoms with van der Waals surface area (Å²) in [6.07, 6.45) is 0. The van der Waals surface area contributed by atoms with Gasteiger partial charge in [0.05, 0.1) is 15.1 Å². The lowest BCUT2D eigenvalue weighted by atomic mass is 10.2. The van der Waals surface area contributed by atoms with Gasteiger partial charge in [0, 0.05) is 23.7 Å². The zero-order valence-corrected chi connectivity index (χ0v) is 14.5. The Morgan fingerprint density at radius 1 is 1.29 bits per heavy atom. The van der Waals surface area contributed by atoms with Crippen LogP contribution in [0.15, 0.2) is 42.5 Å². The van der Waals surface area contributed by atoms with Gasteiger partial charge in [0.2, 0.25) is 0 Å². The molecule has 9 heteroatoms. The molecule has 0 saturated heterocycles. The van der Waals surface area contributed by atoms with Crippen molar-refractivity contribution in [1.29, 1.82) is 0 Å². The van der Waals surface area contributed by atoms with Gasteiger partial charge in [-0.15, -0.1) is 0 Å². The lowest BCUT2D eigenvalue weighted by molar-refractivity contribution is -0.384. The fourth-order valence-electron chi connectivity index (χ4n) is 2.01. The third-order valence-electron chi connectivity index (χ3n) is 3.17.